The lowest BCUT2D eigenvalue weighted by Gasteiger charge is -2.34. The van der Waals surface area contributed by atoms with Gasteiger partial charge in [-0.3, -0.25) is 0 Å². The third-order valence-electron chi connectivity index (χ3n) is 4.16. The molecule has 0 bridgehead atoms. The molecule has 0 unspecified atom stereocenters. The lowest BCUT2D eigenvalue weighted by molar-refractivity contribution is 0.0274. The molecule has 1 aromatic heterocycles. The van der Waals surface area contributed by atoms with E-state index in [0.717, 1.165) is 48.2 Å². The largest absolute Gasteiger partial charge is 0.393 e. The van der Waals surface area contributed by atoms with Gasteiger partial charge in [-0.1, -0.05) is 18.2 Å². The van der Waals surface area contributed by atoms with Crippen molar-refractivity contribution in [2.24, 2.45) is 11.8 Å². The Labute approximate surface area is 124 Å². The highest BCUT2D eigenvalue weighted by Gasteiger charge is 2.28. The highest BCUT2D eigenvalue weighted by Crippen LogP contribution is 2.28. The summed E-state index contributed by atoms with van der Waals surface area (Å²) in [7, 11) is 2.10. The number of nitrogens with two attached hydrogens (primary N) is 1. The predicted molar refractivity (Wildman–Crippen MR) is 84.6 cm³/mol. The maximum absolute atomic E-state index is 9.37. The van der Waals surface area contributed by atoms with Crippen LogP contribution in [0.3, 0.4) is 0 Å². The van der Waals surface area contributed by atoms with E-state index in [4.69, 9.17) is 5.84 Å². The Morgan fingerprint density at radius 1 is 1.38 bits per heavy atom. The minimum atomic E-state index is -0.0907. The third-order valence-corrected chi connectivity index (χ3v) is 4.16. The van der Waals surface area contributed by atoms with Crippen LogP contribution >= 0.6 is 0 Å². The second kappa shape index (κ2) is 5.97. The molecule has 1 saturated carbocycles. The molecule has 1 aromatic carbocycles. The Morgan fingerprint density at radius 2 is 2.14 bits per heavy atom. The van der Waals surface area contributed by atoms with Crippen molar-refractivity contribution >= 4 is 16.7 Å². The first-order valence-corrected chi connectivity index (χ1v) is 7.37. The van der Waals surface area contributed by atoms with Crippen molar-refractivity contribution in [2.75, 3.05) is 19.0 Å². The number of aromatic nitrogens is 1. The molecule has 0 amide bonds. The monoisotopic (exact) mass is 286 g/mol. The lowest BCUT2D eigenvalue weighted by atomic mass is 9.82. The zero-order valence-corrected chi connectivity index (χ0v) is 12.3. The number of fused-ring (bicyclic) bond motifs is 1. The fraction of sp³-hybridized carbons (Fsp3) is 0.438. The van der Waals surface area contributed by atoms with Gasteiger partial charge in [0.25, 0.3) is 0 Å². The molecule has 1 fully saturated rings. The number of para-hydroxylation sites is 1. The SMILES string of the molecule is CN(Cc1cc2ccccc2nc1NN)CC1CC(O)C1. The Morgan fingerprint density at radius 3 is 2.86 bits per heavy atom. The van der Waals surface area contributed by atoms with E-state index in [-0.39, 0.29) is 6.10 Å². The van der Waals surface area contributed by atoms with Crippen LogP contribution in [0.15, 0.2) is 30.3 Å². The fourth-order valence-corrected chi connectivity index (χ4v) is 3.05. The van der Waals surface area contributed by atoms with E-state index in [1.165, 1.54) is 0 Å². The quantitative estimate of drug-likeness (QED) is 0.576. The molecule has 1 heterocycles. The van der Waals surface area contributed by atoms with E-state index in [0.29, 0.717) is 5.92 Å². The molecule has 0 atom stereocenters. The average molecular weight is 286 g/mol. The van der Waals surface area contributed by atoms with Gasteiger partial charge in [0.15, 0.2) is 0 Å². The van der Waals surface area contributed by atoms with Gasteiger partial charge >= 0.3 is 0 Å². The summed E-state index contributed by atoms with van der Waals surface area (Å²) in [6.07, 6.45) is 1.75. The number of nitrogen functional groups attached to an aromatic ring is 1. The molecule has 4 N–H and O–H groups in total. The van der Waals surface area contributed by atoms with Gasteiger partial charge in [-0.15, -0.1) is 0 Å². The molecule has 5 nitrogen and oxygen atoms in total. The van der Waals surface area contributed by atoms with E-state index in [1.807, 2.05) is 18.2 Å². The van der Waals surface area contributed by atoms with Gasteiger partial charge in [0.1, 0.15) is 5.82 Å². The number of nitrogens with one attached hydrogen (secondary N) is 1. The molecule has 3 rings (SSSR count). The smallest absolute Gasteiger partial charge is 0.145 e. The normalized spacial score (nSPS) is 21.5. The van der Waals surface area contributed by atoms with Gasteiger partial charge in [-0.25, -0.2) is 10.8 Å². The first kappa shape index (κ1) is 14.3. The van der Waals surface area contributed by atoms with Crippen molar-refractivity contribution in [3.05, 3.63) is 35.9 Å². The number of benzene rings is 1. The number of hydrazine groups is 1. The zero-order chi connectivity index (χ0) is 14.8. The van der Waals surface area contributed by atoms with Crippen LogP contribution in [0.1, 0.15) is 18.4 Å². The van der Waals surface area contributed by atoms with Crippen molar-refractivity contribution in [2.45, 2.75) is 25.5 Å². The average Bonchev–Trinajstić information content (AvgIpc) is 2.45. The number of aliphatic hydroxyl groups is 1. The second-order valence-corrected chi connectivity index (χ2v) is 6.02. The molecule has 0 saturated heterocycles. The van der Waals surface area contributed by atoms with Crippen LogP contribution in [0.2, 0.25) is 0 Å². The summed E-state index contributed by atoms with van der Waals surface area (Å²) < 4.78 is 0. The molecule has 0 radical (unpaired) electrons. The lowest BCUT2D eigenvalue weighted by Crippen LogP contribution is -2.37. The summed E-state index contributed by atoms with van der Waals surface area (Å²) in [6.45, 7) is 1.79. The van der Waals surface area contributed by atoms with E-state index in [2.05, 4.69) is 34.5 Å². The molecule has 112 valence electrons. The third kappa shape index (κ3) is 3.15. The van der Waals surface area contributed by atoms with Crippen LogP contribution in [0.4, 0.5) is 5.82 Å². The second-order valence-electron chi connectivity index (χ2n) is 6.02. The number of hydrogen-bond donors (Lipinski definition) is 3. The Bertz CT molecular complexity index is 625. The van der Waals surface area contributed by atoms with E-state index >= 15 is 0 Å². The van der Waals surface area contributed by atoms with Crippen molar-refractivity contribution < 1.29 is 5.11 Å². The van der Waals surface area contributed by atoms with Crippen LogP contribution < -0.4 is 11.3 Å². The number of hydrogen-bond acceptors (Lipinski definition) is 5. The van der Waals surface area contributed by atoms with Gasteiger partial charge < -0.3 is 15.4 Å². The van der Waals surface area contributed by atoms with E-state index in [9.17, 15) is 5.11 Å². The summed E-state index contributed by atoms with van der Waals surface area (Å²) in [5.74, 6) is 6.95. The Kier molecular flexibility index (Phi) is 4.05. The molecule has 0 spiro atoms. The molecule has 21 heavy (non-hydrogen) atoms. The van der Waals surface area contributed by atoms with Crippen molar-refractivity contribution in [3.63, 3.8) is 0 Å². The molecule has 5 heteroatoms. The Hall–Kier alpha value is -1.69. The van der Waals surface area contributed by atoms with Crippen molar-refractivity contribution in [1.29, 1.82) is 0 Å². The summed E-state index contributed by atoms with van der Waals surface area (Å²) in [5.41, 5.74) is 4.74. The van der Waals surface area contributed by atoms with Gasteiger partial charge in [0, 0.05) is 24.0 Å². The summed E-state index contributed by atoms with van der Waals surface area (Å²) in [4.78, 5) is 6.84. The zero-order valence-electron chi connectivity index (χ0n) is 12.3. The van der Waals surface area contributed by atoms with Crippen LogP contribution in [-0.4, -0.2) is 34.7 Å². The van der Waals surface area contributed by atoms with Gasteiger partial charge in [-0.2, -0.15) is 0 Å². The minimum Gasteiger partial charge on any atom is -0.393 e. The van der Waals surface area contributed by atoms with Crippen LogP contribution in [-0.2, 0) is 6.54 Å². The number of nitrogens with zero attached hydrogens (tertiary/aromatic N) is 2. The van der Waals surface area contributed by atoms with Crippen LogP contribution in [0.25, 0.3) is 10.9 Å². The molecular formula is C16H22N4O. The summed E-state index contributed by atoms with van der Waals surface area (Å²) >= 11 is 0. The van der Waals surface area contributed by atoms with Gasteiger partial charge in [0.05, 0.1) is 11.6 Å². The molecule has 2 aromatic rings. The van der Waals surface area contributed by atoms with Gasteiger partial charge in [0.2, 0.25) is 0 Å². The summed E-state index contributed by atoms with van der Waals surface area (Å²) in [5, 5.41) is 10.5. The van der Waals surface area contributed by atoms with Crippen LogP contribution in [0, 0.1) is 5.92 Å². The van der Waals surface area contributed by atoms with Gasteiger partial charge in [-0.05, 0) is 37.9 Å². The van der Waals surface area contributed by atoms with Crippen molar-refractivity contribution in [1.82, 2.24) is 9.88 Å². The van der Waals surface area contributed by atoms with E-state index in [1.54, 1.807) is 0 Å². The molecule has 1 aliphatic carbocycles. The van der Waals surface area contributed by atoms with Crippen molar-refractivity contribution in [3.8, 4) is 0 Å². The maximum atomic E-state index is 9.37. The molecule has 1 aliphatic rings. The molecular weight excluding hydrogens is 264 g/mol. The molecule has 0 aliphatic heterocycles. The number of aliphatic hydroxyl groups excluding tert-OH is 1. The first-order chi connectivity index (χ1) is 10.2. The number of pyridine rings is 1. The van der Waals surface area contributed by atoms with Crippen LogP contribution in [0.5, 0.6) is 0 Å². The maximum Gasteiger partial charge on any atom is 0.145 e. The predicted octanol–water partition coefficient (Wildman–Crippen LogP) is 1.72. The topological polar surface area (TPSA) is 74.4 Å². The highest BCUT2D eigenvalue weighted by atomic mass is 16.3. The summed E-state index contributed by atoms with van der Waals surface area (Å²) in [6, 6.07) is 10.2. The highest BCUT2D eigenvalue weighted by molar-refractivity contribution is 5.81. The Balaban J connectivity index is 1.75. The van der Waals surface area contributed by atoms with E-state index < -0.39 is 0 Å². The standard InChI is InChI=1S/C16H22N4O/c1-20(9-11-6-14(21)7-11)10-13-8-12-4-2-3-5-15(12)18-16(13)19-17/h2-5,8,11,14,21H,6-7,9-10,17H2,1H3,(H,18,19). The fourth-order valence-electron chi connectivity index (χ4n) is 3.05. The first-order valence-electron chi connectivity index (χ1n) is 7.37. The number of rotatable bonds is 5. The number of anilines is 1. The minimum absolute atomic E-state index is 0.0907.